The van der Waals surface area contributed by atoms with Crippen molar-refractivity contribution in [1.82, 2.24) is 15.4 Å². The number of rotatable bonds is 4. The molecule has 0 radical (unpaired) electrons. The molecule has 0 aliphatic carbocycles. The predicted octanol–water partition coefficient (Wildman–Crippen LogP) is 0.605. The minimum Gasteiger partial charge on any atom is -0.360 e. The van der Waals surface area contributed by atoms with Crippen molar-refractivity contribution in [2.45, 2.75) is 26.3 Å². The zero-order chi connectivity index (χ0) is 13.0. The molecule has 2 rings (SSSR count). The zero-order valence-electron chi connectivity index (χ0n) is 10.9. The van der Waals surface area contributed by atoms with Gasteiger partial charge in [-0.15, -0.1) is 0 Å². The van der Waals surface area contributed by atoms with Crippen LogP contribution < -0.4 is 10.6 Å². The number of nitrogens with zero attached hydrogens (tertiary/aromatic N) is 2. The summed E-state index contributed by atoms with van der Waals surface area (Å²) in [5.74, 6) is 1.17. The number of piperazine rings is 1. The lowest BCUT2D eigenvalue weighted by molar-refractivity contribution is -0.116. The smallest absolute Gasteiger partial charge is 0.226 e. The Hall–Kier alpha value is -1.40. The minimum absolute atomic E-state index is 0.0194. The second-order valence-corrected chi connectivity index (χ2v) is 4.71. The molecular weight excluding hydrogens is 232 g/mol. The summed E-state index contributed by atoms with van der Waals surface area (Å²) in [5, 5.41) is 9.80. The number of amides is 1. The van der Waals surface area contributed by atoms with Crippen LogP contribution in [0.4, 0.5) is 5.82 Å². The number of carbonyl (C=O) groups is 1. The molecular formula is C12H20N4O2. The number of nitrogens with one attached hydrogen (secondary N) is 2. The molecule has 1 aromatic rings. The van der Waals surface area contributed by atoms with Crippen molar-refractivity contribution in [3.63, 3.8) is 0 Å². The van der Waals surface area contributed by atoms with Gasteiger partial charge >= 0.3 is 0 Å². The lowest BCUT2D eigenvalue weighted by Crippen LogP contribution is -2.50. The minimum atomic E-state index is -0.0194. The summed E-state index contributed by atoms with van der Waals surface area (Å²) in [4.78, 5) is 14.1. The fraction of sp³-hybridized carbons (Fsp3) is 0.667. The van der Waals surface area contributed by atoms with Crippen LogP contribution in [0.5, 0.6) is 0 Å². The van der Waals surface area contributed by atoms with Crippen molar-refractivity contribution in [2.24, 2.45) is 0 Å². The number of aromatic nitrogens is 1. The lowest BCUT2D eigenvalue weighted by Gasteiger charge is -2.33. The fourth-order valence-electron chi connectivity index (χ4n) is 2.09. The van der Waals surface area contributed by atoms with Gasteiger partial charge in [-0.1, -0.05) is 5.16 Å². The van der Waals surface area contributed by atoms with Crippen molar-refractivity contribution in [3.05, 3.63) is 11.8 Å². The third-order valence-corrected chi connectivity index (χ3v) is 3.16. The number of carbonyl (C=O) groups excluding carboxylic acids is 1. The first-order chi connectivity index (χ1) is 8.65. The molecule has 1 aromatic heterocycles. The van der Waals surface area contributed by atoms with E-state index in [1.807, 2.05) is 0 Å². The van der Waals surface area contributed by atoms with Crippen molar-refractivity contribution in [3.8, 4) is 0 Å². The molecule has 2 N–H and O–H groups in total. The van der Waals surface area contributed by atoms with E-state index in [4.69, 9.17) is 4.52 Å². The molecule has 0 bridgehead atoms. The summed E-state index contributed by atoms with van der Waals surface area (Å²) in [6, 6.07) is 2.20. The fourth-order valence-corrected chi connectivity index (χ4v) is 2.09. The third kappa shape index (κ3) is 3.54. The van der Waals surface area contributed by atoms with E-state index in [-0.39, 0.29) is 5.91 Å². The molecule has 1 aliphatic rings. The maximum Gasteiger partial charge on any atom is 0.226 e. The van der Waals surface area contributed by atoms with E-state index in [2.05, 4.69) is 27.6 Å². The maximum atomic E-state index is 11.7. The first-order valence-electron chi connectivity index (χ1n) is 6.33. The monoisotopic (exact) mass is 252 g/mol. The topological polar surface area (TPSA) is 70.4 Å². The van der Waals surface area contributed by atoms with Gasteiger partial charge in [-0.2, -0.15) is 0 Å². The average molecular weight is 252 g/mol. The number of hydrogen-bond acceptors (Lipinski definition) is 5. The summed E-state index contributed by atoms with van der Waals surface area (Å²) < 4.78 is 4.89. The zero-order valence-corrected chi connectivity index (χ0v) is 10.9. The van der Waals surface area contributed by atoms with E-state index >= 15 is 0 Å². The normalized spacial score (nSPS) is 20.9. The maximum absolute atomic E-state index is 11.7. The van der Waals surface area contributed by atoms with Gasteiger partial charge in [0.1, 0.15) is 5.76 Å². The average Bonchev–Trinajstić information content (AvgIpc) is 2.74. The third-order valence-electron chi connectivity index (χ3n) is 3.16. The van der Waals surface area contributed by atoms with Gasteiger partial charge < -0.3 is 15.2 Å². The summed E-state index contributed by atoms with van der Waals surface area (Å²) in [6.07, 6.45) is 0.482. The molecule has 0 aromatic carbocycles. The van der Waals surface area contributed by atoms with Gasteiger partial charge in [0.15, 0.2) is 5.82 Å². The molecule has 0 spiro atoms. The van der Waals surface area contributed by atoms with Gasteiger partial charge in [-0.25, -0.2) is 0 Å². The van der Waals surface area contributed by atoms with Crippen LogP contribution in [0.15, 0.2) is 10.6 Å². The van der Waals surface area contributed by atoms with Gasteiger partial charge in [-0.3, -0.25) is 9.69 Å². The highest BCUT2D eigenvalue weighted by Crippen LogP contribution is 2.08. The Balaban J connectivity index is 1.74. The van der Waals surface area contributed by atoms with Crippen LogP contribution in [-0.2, 0) is 4.79 Å². The molecule has 1 saturated heterocycles. The van der Waals surface area contributed by atoms with Crippen molar-refractivity contribution >= 4 is 11.7 Å². The lowest BCUT2D eigenvalue weighted by atomic mass is 10.2. The van der Waals surface area contributed by atoms with Crippen LogP contribution in [0, 0.1) is 6.92 Å². The van der Waals surface area contributed by atoms with Crippen LogP contribution in [0.2, 0.25) is 0 Å². The Kier molecular flexibility index (Phi) is 4.33. The molecule has 100 valence electrons. The molecule has 6 nitrogen and oxygen atoms in total. The summed E-state index contributed by atoms with van der Waals surface area (Å²) in [7, 11) is 0. The highest BCUT2D eigenvalue weighted by molar-refractivity contribution is 5.89. The molecule has 1 amide bonds. The van der Waals surface area contributed by atoms with Crippen molar-refractivity contribution < 1.29 is 9.32 Å². The Morgan fingerprint density at radius 1 is 1.72 bits per heavy atom. The standard InChI is InChI=1S/C12H20N4O2/c1-9-8-13-4-6-16(9)5-3-12(17)14-11-7-10(2)18-15-11/h7,9,13H,3-6,8H2,1-2H3,(H,14,15,17). The van der Waals surface area contributed by atoms with Gasteiger partial charge in [0.05, 0.1) is 0 Å². The first-order valence-corrected chi connectivity index (χ1v) is 6.33. The van der Waals surface area contributed by atoms with Gasteiger partial charge in [-0.05, 0) is 13.8 Å². The largest absolute Gasteiger partial charge is 0.360 e. The number of anilines is 1. The number of hydrogen-bond donors (Lipinski definition) is 2. The molecule has 2 heterocycles. The van der Waals surface area contributed by atoms with E-state index in [1.165, 1.54) is 0 Å². The summed E-state index contributed by atoms with van der Waals surface area (Å²) in [6.45, 7) is 7.73. The Bertz CT molecular complexity index is 405. The molecule has 1 unspecified atom stereocenters. The molecule has 0 saturated carbocycles. The van der Waals surface area contributed by atoms with E-state index in [9.17, 15) is 4.79 Å². The van der Waals surface area contributed by atoms with Crippen molar-refractivity contribution in [1.29, 1.82) is 0 Å². The van der Waals surface area contributed by atoms with Crippen LogP contribution >= 0.6 is 0 Å². The second kappa shape index (κ2) is 5.97. The SMILES string of the molecule is Cc1cc(NC(=O)CCN2CCNCC2C)no1. The molecule has 1 aliphatic heterocycles. The quantitative estimate of drug-likeness (QED) is 0.821. The van der Waals surface area contributed by atoms with Crippen LogP contribution in [0.25, 0.3) is 0 Å². The Morgan fingerprint density at radius 3 is 3.22 bits per heavy atom. The number of aryl methyl sites for hydroxylation is 1. The van der Waals surface area contributed by atoms with E-state index < -0.39 is 0 Å². The molecule has 18 heavy (non-hydrogen) atoms. The van der Waals surface area contributed by atoms with E-state index in [0.29, 0.717) is 24.0 Å². The van der Waals surface area contributed by atoms with Gasteiger partial charge in [0.2, 0.25) is 5.91 Å². The Morgan fingerprint density at radius 2 is 2.56 bits per heavy atom. The van der Waals surface area contributed by atoms with Crippen LogP contribution in [-0.4, -0.2) is 48.2 Å². The molecule has 1 fully saturated rings. The Labute approximate surface area is 107 Å². The second-order valence-electron chi connectivity index (χ2n) is 4.71. The highest BCUT2D eigenvalue weighted by Gasteiger charge is 2.18. The van der Waals surface area contributed by atoms with E-state index in [1.54, 1.807) is 13.0 Å². The van der Waals surface area contributed by atoms with Gasteiger partial charge in [0, 0.05) is 44.7 Å². The summed E-state index contributed by atoms with van der Waals surface area (Å²) >= 11 is 0. The summed E-state index contributed by atoms with van der Waals surface area (Å²) in [5.41, 5.74) is 0. The van der Waals surface area contributed by atoms with Crippen LogP contribution in [0.3, 0.4) is 0 Å². The van der Waals surface area contributed by atoms with Gasteiger partial charge in [0.25, 0.3) is 0 Å². The molecule has 6 heteroatoms. The first kappa shape index (κ1) is 13.0. The highest BCUT2D eigenvalue weighted by atomic mass is 16.5. The van der Waals surface area contributed by atoms with Crippen molar-refractivity contribution in [2.75, 3.05) is 31.5 Å². The van der Waals surface area contributed by atoms with Crippen LogP contribution in [0.1, 0.15) is 19.1 Å². The van der Waals surface area contributed by atoms with E-state index in [0.717, 1.165) is 26.2 Å². The predicted molar refractivity (Wildman–Crippen MR) is 68.4 cm³/mol. The molecule has 1 atom stereocenters.